The van der Waals surface area contributed by atoms with E-state index < -0.39 is 0 Å². The third kappa shape index (κ3) is 3.44. The zero-order chi connectivity index (χ0) is 14.4. The molecule has 112 valence electrons. The van der Waals surface area contributed by atoms with Crippen molar-refractivity contribution in [1.29, 1.82) is 0 Å². The first-order valence-electron chi connectivity index (χ1n) is 7.39. The fraction of sp³-hybridized carbons (Fsp3) is 0.625. The summed E-state index contributed by atoms with van der Waals surface area (Å²) in [6.45, 7) is 1.30. The van der Waals surface area contributed by atoms with Crippen LogP contribution in [0.1, 0.15) is 42.9 Å². The largest absolute Gasteiger partial charge is 0.493 e. The molecule has 0 saturated carbocycles. The van der Waals surface area contributed by atoms with Gasteiger partial charge in [0.15, 0.2) is 11.5 Å². The standard InChI is InChI=1S/C16H25NO3/c1-19-15-10-12-7-8-17-14(6-4-3-5-9-18)13(12)11-16(15)20-2/h10-11,14,17-18H,3-9H2,1-2H3/t14-/m0/s1. The number of nitrogens with one attached hydrogen (secondary N) is 1. The number of aliphatic hydroxyl groups is 1. The lowest BCUT2D eigenvalue weighted by Crippen LogP contribution is -2.29. The zero-order valence-corrected chi connectivity index (χ0v) is 12.4. The quantitative estimate of drug-likeness (QED) is 0.753. The van der Waals surface area contributed by atoms with Gasteiger partial charge in [0.2, 0.25) is 0 Å². The number of fused-ring (bicyclic) bond motifs is 1. The molecule has 0 amide bonds. The summed E-state index contributed by atoms with van der Waals surface area (Å²) in [5.41, 5.74) is 2.69. The predicted molar refractivity (Wildman–Crippen MR) is 79.5 cm³/mol. The molecular formula is C16H25NO3. The SMILES string of the molecule is COc1cc2c(cc1OC)[C@H](CCCCCO)NCC2. The van der Waals surface area contributed by atoms with Crippen molar-refractivity contribution in [3.05, 3.63) is 23.3 Å². The van der Waals surface area contributed by atoms with Crippen LogP contribution in [0.2, 0.25) is 0 Å². The average Bonchev–Trinajstić information content (AvgIpc) is 2.50. The Hall–Kier alpha value is -1.26. The Balaban J connectivity index is 2.12. The van der Waals surface area contributed by atoms with E-state index in [1.54, 1.807) is 14.2 Å². The molecular weight excluding hydrogens is 254 g/mol. The summed E-state index contributed by atoms with van der Waals surface area (Å²) in [5, 5.41) is 12.4. The highest BCUT2D eigenvalue weighted by molar-refractivity contribution is 5.49. The molecule has 1 aromatic carbocycles. The average molecular weight is 279 g/mol. The van der Waals surface area contributed by atoms with Gasteiger partial charge in [-0.15, -0.1) is 0 Å². The lowest BCUT2D eigenvalue weighted by molar-refractivity contribution is 0.280. The molecule has 4 heteroatoms. The van der Waals surface area contributed by atoms with Crippen molar-refractivity contribution in [2.24, 2.45) is 0 Å². The lowest BCUT2D eigenvalue weighted by atomic mass is 9.90. The van der Waals surface area contributed by atoms with Crippen molar-refractivity contribution in [1.82, 2.24) is 5.32 Å². The van der Waals surface area contributed by atoms with E-state index >= 15 is 0 Å². The van der Waals surface area contributed by atoms with E-state index in [0.29, 0.717) is 12.6 Å². The molecule has 1 aliphatic heterocycles. The van der Waals surface area contributed by atoms with Gasteiger partial charge in [0, 0.05) is 12.6 Å². The van der Waals surface area contributed by atoms with Crippen molar-refractivity contribution >= 4 is 0 Å². The van der Waals surface area contributed by atoms with Crippen molar-refractivity contribution in [3.63, 3.8) is 0 Å². The molecule has 0 fully saturated rings. The molecule has 0 spiro atoms. The Kier molecular flexibility index (Phi) is 5.68. The van der Waals surface area contributed by atoms with Crippen LogP contribution in [0.4, 0.5) is 0 Å². The smallest absolute Gasteiger partial charge is 0.161 e. The van der Waals surface area contributed by atoms with E-state index in [0.717, 1.165) is 50.1 Å². The topological polar surface area (TPSA) is 50.7 Å². The van der Waals surface area contributed by atoms with Crippen LogP contribution < -0.4 is 14.8 Å². The first-order valence-corrected chi connectivity index (χ1v) is 7.39. The highest BCUT2D eigenvalue weighted by Crippen LogP contribution is 2.36. The number of methoxy groups -OCH3 is 2. The summed E-state index contributed by atoms with van der Waals surface area (Å²) < 4.78 is 10.8. The molecule has 1 aromatic rings. The molecule has 1 heterocycles. The number of unbranched alkanes of at least 4 members (excludes halogenated alkanes) is 2. The summed E-state index contributed by atoms with van der Waals surface area (Å²) in [4.78, 5) is 0. The van der Waals surface area contributed by atoms with E-state index in [4.69, 9.17) is 14.6 Å². The molecule has 2 rings (SSSR count). The van der Waals surface area contributed by atoms with Crippen LogP contribution in [-0.2, 0) is 6.42 Å². The summed E-state index contributed by atoms with van der Waals surface area (Å²) >= 11 is 0. The third-order valence-corrected chi connectivity index (χ3v) is 3.96. The minimum atomic E-state index is 0.291. The maximum atomic E-state index is 8.84. The lowest BCUT2D eigenvalue weighted by Gasteiger charge is -2.28. The monoisotopic (exact) mass is 279 g/mol. The van der Waals surface area contributed by atoms with Gasteiger partial charge in [-0.3, -0.25) is 0 Å². The summed E-state index contributed by atoms with van der Waals surface area (Å²) in [7, 11) is 3.36. The minimum Gasteiger partial charge on any atom is -0.493 e. The van der Waals surface area contributed by atoms with Crippen LogP contribution in [0.25, 0.3) is 0 Å². The zero-order valence-electron chi connectivity index (χ0n) is 12.4. The maximum absolute atomic E-state index is 8.84. The fourth-order valence-corrected chi connectivity index (χ4v) is 2.86. The van der Waals surface area contributed by atoms with Crippen LogP contribution in [0, 0.1) is 0 Å². The molecule has 0 unspecified atom stereocenters. The summed E-state index contributed by atoms with van der Waals surface area (Å²) in [5.74, 6) is 1.61. The molecule has 0 saturated heterocycles. The highest BCUT2D eigenvalue weighted by atomic mass is 16.5. The van der Waals surface area contributed by atoms with E-state index in [9.17, 15) is 0 Å². The Morgan fingerprint density at radius 2 is 1.90 bits per heavy atom. The second-order valence-corrected chi connectivity index (χ2v) is 5.24. The van der Waals surface area contributed by atoms with Crippen molar-refractivity contribution < 1.29 is 14.6 Å². The minimum absolute atomic E-state index is 0.291. The Morgan fingerprint density at radius 3 is 2.60 bits per heavy atom. The van der Waals surface area contributed by atoms with Gasteiger partial charge in [-0.2, -0.15) is 0 Å². The van der Waals surface area contributed by atoms with Gasteiger partial charge in [0.05, 0.1) is 14.2 Å². The van der Waals surface area contributed by atoms with Gasteiger partial charge in [0.1, 0.15) is 0 Å². The highest BCUT2D eigenvalue weighted by Gasteiger charge is 2.22. The number of aliphatic hydroxyl groups excluding tert-OH is 1. The van der Waals surface area contributed by atoms with Crippen LogP contribution in [-0.4, -0.2) is 32.5 Å². The van der Waals surface area contributed by atoms with Crippen LogP contribution in [0.3, 0.4) is 0 Å². The van der Waals surface area contributed by atoms with Crippen LogP contribution in [0.15, 0.2) is 12.1 Å². The van der Waals surface area contributed by atoms with Gasteiger partial charge < -0.3 is 19.9 Å². The molecule has 0 radical (unpaired) electrons. The number of hydrogen-bond acceptors (Lipinski definition) is 4. The van der Waals surface area contributed by atoms with Crippen molar-refractivity contribution in [3.8, 4) is 11.5 Å². The molecule has 4 nitrogen and oxygen atoms in total. The molecule has 20 heavy (non-hydrogen) atoms. The molecule has 0 aliphatic carbocycles. The Labute approximate surface area is 121 Å². The van der Waals surface area contributed by atoms with Gasteiger partial charge in [-0.1, -0.05) is 12.8 Å². The Bertz CT molecular complexity index is 434. The summed E-state index contributed by atoms with van der Waals surface area (Å²) in [6.07, 6.45) is 5.24. The second-order valence-electron chi connectivity index (χ2n) is 5.24. The fourth-order valence-electron chi connectivity index (χ4n) is 2.86. The van der Waals surface area contributed by atoms with Gasteiger partial charge in [-0.05, 0) is 49.1 Å². The number of hydrogen-bond donors (Lipinski definition) is 2. The molecule has 0 bridgehead atoms. The van der Waals surface area contributed by atoms with Gasteiger partial charge in [-0.25, -0.2) is 0 Å². The Morgan fingerprint density at radius 1 is 1.15 bits per heavy atom. The van der Waals surface area contributed by atoms with Gasteiger partial charge in [0.25, 0.3) is 0 Å². The maximum Gasteiger partial charge on any atom is 0.161 e. The van der Waals surface area contributed by atoms with Crippen LogP contribution >= 0.6 is 0 Å². The van der Waals surface area contributed by atoms with E-state index in [2.05, 4.69) is 17.4 Å². The van der Waals surface area contributed by atoms with E-state index in [-0.39, 0.29) is 0 Å². The predicted octanol–water partition coefficient (Wildman–Crippen LogP) is 2.44. The van der Waals surface area contributed by atoms with Gasteiger partial charge >= 0.3 is 0 Å². The van der Waals surface area contributed by atoms with Crippen molar-refractivity contribution in [2.45, 2.75) is 38.1 Å². The third-order valence-electron chi connectivity index (χ3n) is 3.96. The molecule has 2 N–H and O–H groups in total. The van der Waals surface area contributed by atoms with Crippen molar-refractivity contribution in [2.75, 3.05) is 27.4 Å². The first kappa shape index (κ1) is 15.1. The summed E-state index contributed by atoms with van der Waals surface area (Å²) in [6, 6.07) is 4.60. The molecule has 1 aliphatic rings. The van der Waals surface area contributed by atoms with E-state index in [1.165, 1.54) is 11.1 Å². The molecule has 1 atom stereocenters. The number of benzene rings is 1. The van der Waals surface area contributed by atoms with Crippen LogP contribution in [0.5, 0.6) is 11.5 Å². The number of ether oxygens (including phenoxy) is 2. The first-order chi connectivity index (χ1) is 9.80. The molecule has 0 aromatic heterocycles. The normalized spacial score (nSPS) is 17.6. The number of rotatable bonds is 7. The van der Waals surface area contributed by atoms with E-state index in [1.807, 2.05) is 0 Å². The second kappa shape index (κ2) is 7.50.